The average molecular weight is 272 g/mol. The van der Waals surface area contributed by atoms with E-state index in [9.17, 15) is 4.79 Å². The first-order valence-corrected chi connectivity index (χ1v) is 7.18. The fourth-order valence-electron chi connectivity index (χ4n) is 1.76. The molecule has 0 spiro atoms. The van der Waals surface area contributed by atoms with Crippen molar-refractivity contribution in [2.45, 2.75) is 40.0 Å². The number of allylic oxidation sites excluding steroid dienone is 3. The molecule has 0 bridgehead atoms. The molecule has 0 fully saturated rings. The molecule has 20 heavy (non-hydrogen) atoms. The molecule has 0 heterocycles. The molecule has 1 aromatic rings. The van der Waals surface area contributed by atoms with Crippen LogP contribution >= 0.6 is 0 Å². The molecule has 0 aromatic heterocycles. The van der Waals surface area contributed by atoms with Crippen molar-refractivity contribution < 1.29 is 9.53 Å². The maximum absolute atomic E-state index is 11.6. The zero-order valence-corrected chi connectivity index (χ0v) is 12.6. The predicted molar refractivity (Wildman–Crippen MR) is 83.2 cm³/mol. The highest BCUT2D eigenvalue weighted by molar-refractivity contribution is 5.73. The lowest BCUT2D eigenvalue weighted by Gasteiger charge is -2.07. The van der Waals surface area contributed by atoms with E-state index in [2.05, 4.69) is 26.8 Å². The lowest BCUT2D eigenvalue weighted by molar-refractivity contribution is -0.137. The molecule has 2 nitrogen and oxygen atoms in total. The van der Waals surface area contributed by atoms with Crippen LogP contribution in [0.4, 0.5) is 0 Å². The van der Waals surface area contributed by atoms with Crippen LogP contribution in [-0.4, -0.2) is 5.97 Å². The van der Waals surface area contributed by atoms with Gasteiger partial charge in [-0.1, -0.05) is 55.8 Å². The van der Waals surface area contributed by atoms with Gasteiger partial charge in [-0.2, -0.15) is 0 Å². The smallest absolute Gasteiger partial charge is 0.315 e. The number of hydrogen-bond acceptors (Lipinski definition) is 2. The number of rotatable bonds is 7. The van der Waals surface area contributed by atoms with E-state index >= 15 is 0 Å². The van der Waals surface area contributed by atoms with Crippen LogP contribution < -0.4 is 0 Å². The summed E-state index contributed by atoms with van der Waals surface area (Å²) in [5.41, 5.74) is 2.35. The van der Waals surface area contributed by atoms with Gasteiger partial charge in [0, 0.05) is 0 Å². The van der Waals surface area contributed by atoms with E-state index in [4.69, 9.17) is 4.74 Å². The zero-order chi connectivity index (χ0) is 14.8. The minimum absolute atomic E-state index is 0.227. The Bertz CT molecular complexity index is 458. The third-order valence-electron chi connectivity index (χ3n) is 3.45. The summed E-state index contributed by atoms with van der Waals surface area (Å²) in [4.78, 5) is 11.6. The van der Waals surface area contributed by atoms with Crippen LogP contribution in [0.3, 0.4) is 0 Å². The Morgan fingerprint density at radius 1 is 1.30 bits per heavy atom. The highest BCUT2D eigenvalue weighted by atomic mass is 16.5. The second-order valence-corrected chi connectivity index (χ2v) is 5.02. The van der Waals surface area contributed by atoms with E-state index in [0.29, 0.717) is 12.3 Å². The summed E-state index contributed by atoms with van der Waals surface area (Å²) in [7, 11) is 0. The first-order chi connectivity index (χ1) is 9.63. The Labute approximate surface area is 122 Å². The Morgan fingerprint density at radius 3 is 2.65 bits per heavy atom. The van der Waals surface area contributed by atoms with Gasteiger partial charge in [0.2, 0.25) is 0 Å². The van der Waals surface area contributed by atoms with E-state index in [-0.39, 0.29) is 5.97 Å². The van der Waals surface area contributed by atoms with Crippen molar-refractivity contribution in [2.24, 2.45) is 5.92 Å². The number of hydrogen-bond donors (Lipinski definition) is 0. The topological polar surface area (TPSA) is 26.3 Å². The quantitative estimate of drug-likeness (QED) is 0.409. The molecular weight excluding hydrogens is 248 g/mol. The summed E-state index contributed by atoms with van der Waals surface area (Å²) in [5, 5.41) is 0. The van der Waals surface area contributed by atoms with Gasteiger partial charge >= 0.3 is 5.97 Å². The Hall–Kier alpha value is -1.83. The van der Waals surface area contributed by atoms with Crippen LogP contribution in [-0.2, 0) is 16.0 Å². The largest absolute Gasteiger partial charge is 0.435 e. The fraction of sp³-hybridized carbons (Fsp3) is 0.389. The molecule has 0 radical (unpaired) electrons. The van der Waals surface area contributed by atoms with Gasteiger partial charge in [-0.3, -0.25) is 4.79 Å². The lowest BCUT2D eigenvalue weighted by Crippen LogP contribution is -2.03. The third kappa shape index (κ3) is 6.37. The molecule has 108 valence electrons. The van der Waals surface area contributed by atoms with Crippen molar-refractivity contribution in [1.82, 2.24) is 0 Å². The van der Waals surface area contributed by atoms with E-state index < -0.39 is 0 Å². The van der Waals surface area contributed by atoms with E-state index in [1.165, 1.54) is 11.8 Å². The van der Waals surface area contributed by atoms with E-state index in [0.717, 1.165) is 18.4 Å². The van der Waals surface area contributed by atoms with Crippen molar-refractivity contribution in [1.29, 1.82) is 0 Å². The van der Waals surface area contributed by atoms with Crippen LogP contribution in [0.5, 0.6) is 0 Å². The number of ether oxygens (including phenoxy) is 1. The molecule has 0 saturated heterocycles. The predicted octanol–water partition coefficient (Wildman–Crippen LogP) is 4.67. The van der Waals surface area contributed by atoms with Crippen molar-refractivity contribution in [2.75, 3.05) is 0 Å². The first kappa shape index (κ1) is 16.2. The van der Waals surface area contributed by atoms with Gasteiger partial charge in [0.15, 0.2) is 0 Å². The van der Waals surface area contributed by atoms with Crippen molar-refractivity contribution in [3.63, 3.8) is 0 Å². The molecule has 0 N–H and O–H groups in total. The molecule has 0 aliphatic carbocycles. The number of carbonyl (C=O) groups is 1. The summed E-state index contributed by atoms with van der Waals surface area (Å²) >= 11 is 0. The van der Waals surface area contributed by atoms with Gasteiger partial charge in [-0.25, -0.2) is 0 Å². The summed E-state index contributed by atoms with van der Waals surface area (Å²) in [6.07, 6.45) is 7.80. The number of esters is 1. The Kier molecular flexibility index (Phi) is 7.41. The van der Waals surface area contributed by atoms with Gasteiger partial charge in [0.25, 0.3) is 0 Å². The average Bonchev–Trinajstić information content (AvgIpc) is 2.46. The van der Waals surface area contributed by atoms with Gasteiger partial charge in [0.1, 0.15) is 0 Å². The Morgan fingerprint density at radius 2 is 2.00 bits per heavy atom. The van der Waals surface area contributed by atoms with Crippen molar-refractivity contribution in [3.8, 4) is 0 Å². The van der Waals surface area contributed by atoms with Crippen LogP contribution in [0, 0.1) is 5.92 Å². The van der Waals surface area contributed by atoms with Gasteiger partial charge in [-0.05, 0) is 37.3 Å². The van der Waals surface area contributed by atoms with Crippen molar-refractivity contribution in [3.05, 3.63) is 59.9 Å². The molecule has 0 aliphatic heterocycles. The van der Waals surface area contributed by atoms with E-state index in [1.807, 2.05) is 36.4 Å². The number of benzene rings is 1. The normalized spacial score (nSPS) is 13.4. The lowest BCUT2D eigenvalue weighted by atomic mass is 9.99. The highest BCUT2D eigenvalue weighted by Gasteiger charge is 2.02. The summed E-state index contributed by atoms with van der Waals surface area (Å²) in [6.45, 7) is 6.54. The van der Waals surface area contributed by atoms with Crippen LogP contribution in [0.15, 0.2) is 54.3 Å². The zero-order valence-electron chi connectivity index (χ0n) is 12.6. The van der Waals surface area contributed by atoms with Gasteiger partial charge in [-0.15, -0.1) is 0 Å². The summed E-state index contributed by atoms with van der Waals surface area (Å²) in [5.74, 6) is 0.388. The fourth-order valence-corrected chi connectivity index (χ4v) is 1.76. The monoisotopic (exact) mass is 272 g/mol. The molecule has 1 aromatic carbocycles. The number of carbonyl (C=O) groups excluding carboxylic acids is 1. The molecule has 0 amide bonds. The maximum Gasteiger partial charge on any atom is 0.315 e. The first-order valence-electron chi connectivity index (χ1n) is 7.18. The second kappa shape index (κ2) is 9.13. The molecule has 2 heteroatoms. The second-order valence-electron chi connectivity index (χ2n) is 5.02. The molecule has 0 saturated carbocycles. The summed E-state index contributed by atoms with van der Waals surface area (Å²) in [6, 6.07) is 9.61. The summed E-state index contributed by atoms with van der Waals surface area (Å²) < 4.78 is 5.07. The third-order valence-corrected chi connectivity index (χ3v) is 3.45. The maximum atomic E-state index is 11.6. The highest BCUT2D eigenvalue weighted by Crippen LogP contribution is 2.13. The van der Waals surface area contributed by atoms with Gasteiger partial charge in [0.05, 0.1) is 12.7 Å². The van der Waals surface area contributed by atoms with Crippen LogP contribution in [0.1, 0.15) is 39.2 Å². The SMILES string of the molecule is CCC(C)/C(C)=C/C/C=C/OC(=O)Cc1ccccc1. The van der Waals surface area contributed by atoms with Crippen LogP contribution in [0.25, 0.3) is 0 Å². The molecular formula is C18H24O2. The van der Waals surface area contributed by atoms with Gasteiger partial charge < -0.3 is 4.74 Å². The van der Waals surface area contributed by atoms with Crippen molar-refractivity contribution >= 4 is 5.97 Å². The molecule has 1 atom stereocenters. The molecule has 1 rings (SSSR count). The minimum Gasteiger partial charge on any atom is -0.435 e. The Balaban J connectivity index is 2.29. The minimum atomic E-state index is -0.227. The molecule has 1 unspecified atom stereocenters. The van der Waals surface area contributed by atoms with Crippen LogP contribution in [0.2, 0.25) is 0 Å². The van der Waals surface area contributed by atoms with E-state index in [1.54, 1.807) is 0 Å². The standard InChI is InChI=1S/C18H24O2/c1-4-15(2)16(3)10-8-9-13-20-18(19)14-17-11-6-5-7-12-17/h5-7,9-13,15H,4,8,14H2,1-3H3/b13-9+,16-10+. The molecule has 0 aliphatic rings.